The molecule has 0 spiro atoms. The third-order valence-electron chi connectivity index (χ3n) is 3.41. The number of sulfonamides is 1. The Hall–Kier alpha value is -1.60. The summed E-state index contributed by atoms with van der Waals surface area (Å²) in [7, 11) is -2.43. The molecule has 0 aliphatic carbocycles. The van der Waals surface area contributed by atoms with Gasteiger partial charge >= 0.3 is 0 Å². The van der Waals surface area contributed by atoms with E-state index >= 15 is 0 Å². The Morgan fingerprint density at radius 3 is 2.61 bits per heavy atom. The summed E-state index contributed by atoms with van der Waals surface area (Å²) in [6.07, 6.45) is 2.97. The molecule has 0 bridgehead atoms. The van der Waals surface area contributed by atoms with Crippen molar-refractivity contribution in [3.63, 3.8) is 0 Å². The van der Waals surface area contributed by atoms with Gasteiger partial charge in [-0.05, 0) is 38.0 Å². The number of carbonyl (C=O) groups excluding carboxylic acids is 1. The van der Waals surface area contributed by atoms with Gasteiger partial charge in [-0.15, -0.1) is 0 Å². The first-order valence-corrected chi connectivity index (χ1v) is 9.24. The molecule has 1 aromatic rings. The van der Waals surface area contributed by atoms with E-state index < -0.39 is 16.1 Å². The number of hydrogen-bond acceptors (Lipinski definition) is 4. The highest BCUT2D eigenvalue weighted by molar-refractivity contribution is 7.89. The van der Waals surface area contributed by atoms with Gasteiger partial charge in [-0.25, -0.2) is 8.42 Å². The van der Waals surface area contributed by atoms with Crippen LogP contribution in [0.5, 0.6) is 5.75 Å². The van der Waals surface area contributed by atoms with Crippen LogP contribution in [0.4, 0.5) is 0 Å². The van der Waals surface area contributed by atoms with Gasteiger partial charge in [-0.2, -0.15) is 4.72 Å². The lowest BCUT2D eigenvalue weighted by atomic mass is 10.2. The summed E-state index contributed by atoms with van der Waals surface area (Å²) < 4.78 is 32.5. The first-order valence-electron chi connectivity index (χ1n) is 7.76. The molecule has 0 heterocycles. The lowest BCUT2D eigenvalue weighted by Crippen LogP contribution is -2.45. The van der Waals surface area contributed by atoms with Gasteiger partial charge in [0.15, 0.2) is 0 Å². The van der Waals surface area contributed by atoms with E-state index in [0.717, 1.165) is 24.8 Å². The predicted octanol–water partition coefficient (Wildman–Crippen LogP) is 1.98. The third kappa shape index (κ3) is 5.84. The lowest BCUT2D eigenvalue weighted by molar-refractivity contribution is -0.122. The molecule has 0 fully saturated rings. The summed E-state index contributed by atoms with van der Waals surface area (Å²) >= 11 is 0. The van der Waals surface area contributed by atoms with E-state index in [-0.39, 0.29) is 16.6 Å². The Labute approximate surface area is 138 Å². The molecule has 1 atom stereocenters. The van der Waals surface area contributed by atoms with Gasteiger partial charge in [0, 0.05) is 6.54 Å². The fourth-order valence-corrected chi connectivity index (χ4v) is 3.54. The Morgan fingerprint density at radius 2 is 2.00 bits per heavy atom. The van der Waals surface area contributed by atoms with Crippen LogP contribution in [0.2, 0.25) is 0 Å². The van der Waals surface area contributed by atoms with Crippen molar-refractivity contribution in [3.05, 3.63) is 23.8 Å². The van der Waals surface area contributed by atoms with Crippen molar-refractivity contribution in [1.29, 1.82) is 0 Å². The van der Waals surface area contributed by atoms with Crippen LogP contribution in [-0.2, 0) is 14.8 Å². The minimum absolute atomic E-state index is 0.0330. The number of hydrogen-bond donors (Lipinski definition) is 2. The molecule has 0 aliphatic heterocycles. The highest BCUT2D eigenvalue weighted by atomic mass is 32.2. The van der Waals surface area contributed by atoms with Crippen molar-refractivity contribution in [2.24, 2.45) is 0 Å². The number of carbonyl (C=O) groups is 1. The molecular weight excluding hydrogens is 316 g/mol. The van der Waals surface area contributed by atoms with Crippen molar-refractivity contribution < 1.29 is 17.9 Å². The van der Waals surface area contributed by atoms with E-state index in [0.29, 0.717) is 6.54 Å². The van der Waals surface area contributed by atoms with Gasteiger partial charge in [0.2, 0.25) is 15.9 Å². The minimum atomic E-state index is -3.84. The molecule has 1 aromatic carbocycles. The second-order valence-electron chi connectivity index (χ2n) is 5.50. The highest BCUT2D eigenvalue weighted by Crippen LogP contribution is 2.24. The van der Waals surface area contributed by atoms with Crippen LogP contribution >= 0.6 is 0 Å². The van der Waals surface area contributed by atoms with Gasteiger partial charge in [-0.3, -0.25) is 4.79 Å². The van der Waals surface area contributed by atoms with E-state index in [9.17, 15) is 13.2 Å². The highest BCUT2D eigenvalue weighted by Gasteiger charge is 2.24. The molecule has 0 aliphatic rings. The summed E-state index contributed by atoms with van der Waals surface area (Å²) in [5.74, 6) is -0.0880. The topological polar surface area (TPSA) is 84.5 Å². The Balaban J connectivity index is 2.78. The number of amides is 1. The van der Waals surface area contributed by atoms with Crippen LogP contribution in [0.3, 0.4) is 0 Å². The molecule has 0 saturated carbocycles. The van der Waals surface area contributed by atoms with Crippen molar-refractivity contribution >= 4 is 15.9 Å². The zero-order chi connectivity index (χ0) is 17.5. The summed E-state index contributed by atoms with van der Waals surface area (Å²) in [6, 6.07) is 4.03. The van der Waals surface area contributed by atoms with Crippen molar-refractivity contribution in [2.75, 3.05) is 13.7 Å². The molecule has 23 heavy (non-hydrogen) atoms. The average molecular weight is 342 g/mol. The van der Waals surface area contributed by atoms with Crippen LogP contribution in [0.15, 0.2) is 23.1 Å². The zero-order valence-electron chi connectivity index (χ0n) is 14.2. The average Bonchev–Trinajstić information content (AvgIpc) is 2.50. The fourth-order valence-electron chi connectivity index (χ4n) is 2.08. The summed E-state index contributed by atoms with van der Waals surface area (Å²) in [5, 5.41) is 2.73. The molecule has 0 unspecified atom stereocenters. The standard InChI is InChI=1S/C16H26N2O4S/c1-5-6-7-10-17-16(19)13(3)18-23(20,21)15-11-12(2)8-9-14(15)22-4/h8-9,11,13,18H,5-7,10H2,1-4H3,(H,17,19)/t13-/m0/s1. The maximum Gasteiger partial charge on any atom is 0.244 e. The summed E-state index contributed by atoms with van der Waals surface area (Å²) in [4.78, 5) is 12.0. The predicted molar refractivity (Wildman–Crippen MR) is 90.0 cm³/mol. The molecular formula is C16H26N2O4S. The van der Waals surface area contributed by atoms with E-state index in [4.69, 9.17) is 4.74 Å². The SMILES string of the molecule is CCCCCNC(=O)[C@H](C)NS(=O)(=O)c1cc(C)ccc1OC. The molecule has 1 amide bonds. The van der Waals surface area contributed by atoms with Gasteiger partial charge in [-0.1, -0.05) is 25.8 Å². The zero-order valence-corrected chi connectivity index (χ0v) is 15.0. The lowest BCUT2D eigenvalue weighted by Gasteiger charge is -2.16. The smallest absolute Gasteiger partial charge is 0.244 e. The van der Waals surface area contributed by atoms with Crippen LogP contribution in [0, 0.1) is 6.92 Å². The number of unbranched alkanes of at least 4 members (excludes halogenated alkanes) is 2. The molecule has 6 nitrogen and oxygen atoms in total. The number of benzene rings is 1. The second kappa shape index (κ2) is 8.88. The van der Waals surface area contributed by atoms with Gasteiger partial charge < -0.3 is 10.1 Å². The van der Waals surface area contributed by atoms with E-state index in [1.165, 1.54) is 20.1 Å². The molecule has 1 rings (SSSR count). The molecule has 0 radical (unpaired) electrons. The monoisotopic (exact) mass is 342 g/mol. The second-order valence-corrected chi connectivity index (χ2v) is 7.18. The van der Waals surface area contributed by atoms with Crippen LogP contribution < -0.4 is 14.8 Å². The maximum absolute atomic E-state index is 12.5. The molecule has 0 saturated heterocycles. The minimum Gasteiger partial charge on any atom is -0.495 e. The molecule has 0 aromatic heterocycles. The molecule has 130 valence electrons. The third-order valence-corrected chi connectivity index (χ3v) is 4.98. The van der Waals surface area contributed by atoms with Gasteiger partial charge in [0.05, 0.1) is 13.2 Å². The normalized spacial score (nSPS) is 12.7. The quantitative estimate of drug-likeness (QED) is 0.672. The van der Waals surface area contributed by atoms with E-state index in [1.54, 1.807) is 19.1 Å². The first-order chi connectivity index (χ1) is 10.8. The van der Waals surface area contributed by atoms with E-state index in [1.807, 2.05) is 0 Å². The van der Waals surface area contributed by atoms with Crippen LogP contribution in [-0.4, -0.2) is 34.0 Å². The van der Waals surface area contributed by atoms with Crippen molar-refractivity contribution in [2.45, 2.75) is 51.0 Å². The summed E-state index contributed by atoms with van der Waals surface area (Å²) in [6.45, 7) is 5.94. The van der Waals surface area contributed by atoms with Crippen molar-refractivity contribution in [1.82, 2.24) is 10.0 Å². The number of ether oxygens (including phenoxy) is 1. The van der Waals surface area contributed by atoms with Crippen LogP contribution in [0.25, 0.3) is 0 Å². The van der Waals surface area contributed by atoms with Crippen LogP contribution in [0.1, 0.15) is 38.7 Å². The van der Waals surface area contributed by atoms with Crippen molar-refractivity contribution in [3.8, 4) is 5.75 Å². The Morgan fingerprint density at radius 1 is 1.30 bits per heavy atom. The van der Waals surface area contributed by atoms with Gasteiger partial charge in [0.25, 0.3) is 0 Å². The molecule has 2 N–H and O–H groups in total. The summed E-state index contributed by atoms with van der Waals surface area (Å²) in [5.41, 5.74) is 0.794. The molecule has 7 heteroatoms. The van der Waals surface area contributed by atoms with Gasteiger partial charge in [0.1, 0.15) is 10.6 Å². The maximum atomic E-state index is 12.5. The Kier molecular flexibility index (Phi) is 7.51. The number of rotatable bonds is 9. The largest absolute Gasteiger partial charge is 0.495 e. The fraction of sp³-hybridized carbons (Fsp3) is 0.562. The Bertz CT molecular complexity index is 629. The number of methoxy groups -OCH3 is 1. The van der Waals surface area contributed by atoms with E-state index in [2.05, 4.69) is 17.0 Å². The first kappa shape index (κ1) is 19.4. The number of nitrogens with one attached hydrogen (secondary N) is 2. The number of aryl methyl sites for hydroxylation is 1.